The summed E-state index contributed by atoms with van der Waals surface area (Å²) < 4.78 is 1.86. The Balaban J connectivity index is 1.86. The number of piperazine rings is 1. The summed E-state index contributed by atoms with van der Waals surface area (Å²) in [5.74, 6) is 0.701. The number of carbonyl (C=O) groups is 1. The minimum Gasteiger partial charge on any atom is -0.336 e. The summed E-state index contributed by atoms with van der Waals surface area (Å²) >= 11 is 0. The molecular weight excluding hydrogens is 240 g/mol. The highest BCUT2D eigenvalue weighted by Crippen LogP contribution is 2.41. The maximum absolute atomic E-state index is 12.7. The van der Waals surface area contributed by atoms with Gasteiger partial charge in [0.15, 0.2) is 0 Å². The van der Waals surface area contributed by atoms with E-state index in [-0.39, 0.29) is 5.91 Å². The second-order valence-corrected chi connectivity index (χ2v) is 5.84. The van der Waals surface area contributed by atoms with E-state index in [0.29, 0.717) is 5.92 Å². The Hall–Kier alpha value is -1.36. The zero-order valence-corrected chi connectivity index (χ0v) is 12.0. The molecule has 5 heteroatoms. The fraction of sp³-hybridized carbons (Fsp3) is 0.714. The van der Waals surface area contributed by atoms with E-state index < -0.39 is 0 Å². The van der Waals surface area contributed by atoms with Crippen molar-refractivity contribution in [3.8, 4) is 0 Å². The normalized spacial score (nSPS) is 20.9. The number of aryl methyl sites for hydroxylation is 1. The molecule has 0 spiro atoms. The topological polar surface area (TPSA) is 41.4 Å². The molecule has 1 aromatic rings. The molecule has 0 radical (unpaired) electrons. The summed E-state index contributed by atoms with van der Waals surface area (Å²) in [4.78, 5) is 17.0. The van der Waals surface area contributed by atoms with Crippen LogP contribution < -0.4 is 0 Å². The highest BCUT2D eigenvalue weighted by Gasteiger charge is 2.34. The van der Waals surface area contributed by atoms with Crippen LogP contribution in [0.15, 0.2) is 0 Å². The molecule has 2 aliphatic rings. The molecule has 0 atom stereocenters. The molecular formula is C14H22N4O. The molecule has 1 aliphatic heterocycles. The van der Waals surface area contributed by atoms with Crippen molar-refractivity contribution >= 4 is 5.91 Å². The molecule has 0 unspecified atom stereocenters. The highest BCUT2D eigenvalue weighted by atomic mass is 16.2. The summed E-state index contributed by atoms with van der Waals surface area (Å²) in [5.41, 5.74) is 2.91. The smallest absolute Gasteiger partial charge is 0.257 e. The summed E-state index contributed by atoms with van der Waals surface area (Å²) in [6, 6.07) is 0. The van der Waals surface area contributed by atoms with E-state index in [1.54, 1.807) is 0 Å². The van der Waals surface area contributed by atoms with Gasteiger partial charge in [0, 0.05) is 44.8 Å². The van der Waals surface area contributed by atoms with Crippen molar-refractivity contribution in [2.24, 2.45) is 7.05 Å². The molecule has 0 bridgehead atoms. The summed E-state index contributed by atoms with van der Waals surface area (Å²) in [7, 11) is 4.04. The molecule has 1 saturated carbocycles. The van der Waals surface area contributed by atoms with Crippen molar-refractivity contribution in [3.63, 3.8) is 0 Å². The first-order valence-electron chi connectivity index (χ1n) is 7.09. The number of likely N-dealkylation sites (N-methyl/N-ethyl adjacent to an activating group) is 1. The molecule has 1 amide bonds. The maximum Gasteiger partial charge on any atom is 0.257 e. The number of amides is 1. The predicted molar refractivity (Wildman–Crippen MR) is 73.3 cm³/mol. The molecule has 5 nitrogen and oxygen atoms in total. The molecule has 104 valence electrons. The zero-order chi connectivity index (χ0) is 13.6. The van der Waals surface area contributed by atoms with Crippen LogP contribution in [0.2, 0.25) is 0 Å². The van der Waals surface area contributed by atoms with Crippen LogP contribution in [0.3, 0.4) is 0 Å². The Bertz CT molecular complexity index is 496. The summed E-state index contributed by atoms with van der Waals surface area (Å²) in [6.45, 7) is 5.58. The van der Waals surface area contributed by atoms with E-state index in [2.05, 4.69) is 17.0 Å². The van der Waals surface area contributed by atoms with Gasteiger partial charge < -0.3 is 9.80 Å². The first kappa shape index (κ1) is 12.7. The van der Waals surface area contributed by atoms with Crippen LogP contribution >= 0.6 is 0 Å². The lowest BCUT2D eigenvalue weighted by Gasteiger charge is -2.32. The van der Waals surface area contributed by atoms with E-state index in [0.717, 1.165) is 43.1 Å². The van der Waals surface area contributed by atoms with Crippen molar-refractivity contribution in [2.45, 2.75) is 25.7 Å². The van der Waals surface area contributed by atoms with Crippen molar-refractivity contribution in [3.05, 3.63) is 17.0 Å². The van der Waals surface area contributed by atoms with Gasteiger partial charge in [-0.1, -0.05) is 0 Å². The highest BCUT2D eigenvalue weighted by molar-refractivity contribution is 5.96. The lowest BCUT2D eigenvalue weighted by atomic mass is 10.1. The lowest BCUT2D eigenvalue weighted by molar-refractivity contribution is 0.0662. The van der Waals surface area contributed by atoms with Gasteiger partial charge in [-0.15, -0.1) is 0 Å². The quantitative estimate of drug-likeness (QED) is 0.798. The van der Waals surface area contributed by atoms with Gasteiger partial charge in [-0.05, 0) is 26.8 Å². The van der Waals surface area contributed by atoms with Crippen molar-refractivity contribution < 1.29 is 4.79 Å². The second kappa shape index (κ2) is 4.63. The minimum atomic E-state index is 0.181. The fourth-order valence-electron chi connectivity index (χ4n) is 2.71. The van der Waals surface area contributed by atoms with Crippen LogP contribution in [0.25, 0.3) is 0 Å². The monoisotopic (exact) mass is 262 g/mol. The fourth-order valence-corrected chi connectivity index (χ4v) is 2.71. The lowest BCUT2D eigenvalue weighted by Crippen LogP contribution is -2.47. The summed E-state index contributed by atoms with van der Waals surface area (Å²) in [5, 5.41) is 4.56. The molecule has 1 aromatic heterocycles. The average molecular weight is 262 g/mol. The number of aromatic nitrogens is 2. The predicted octanol–water partition coefficient (Wildman–Crippen LogP) is 0.994. The minimum absolute atomic E-state index is 0.181. The average Bonchev–Trinajstić information content (AvgIpc) is 3.18. The molecule has 2 heterocycles. The van der Waals surface area contributed by atoms with Gasteiger partial charge >= 0.3 is 0 Å². The first-order chi connectivity index (χ1) is 9.08. The Morgan fingerprint density at radius 2 is 1.79 bits per heavy atom. The number of rotatable bonds is 2. The number of carbonyl (C=O) groups excluding carboxylic acids is 1. The number of nitrogens with zero attached hydrogens (tertiary/aromatic N) is 4. The molecule has 3 rings (SSSR count). The SMILES string of the molecule is Cc1c(C(=O)N2CCN(C)CC2)c(C2CC2)nn1C. The molecule has 0 aromatic carbocycles. The zero-order valence-electron chi connectivity index (χ0n) is 12.0. The number of hydrogen-bond acceptors (Lipinski definition) is 3. The van der Waals surface area contributed by atoms with Crippen molar-refractivity contribution in [2.75, 3.05) is 33.2 Å². The van der Waals surface area contributed by atoms with Gasteiger partial charge in [0.1, 0.15) is 0 Å². The van der Waals surface area contributed by atoms with E-state index in [1.165, 1.54) is 12.8 Å². The van der Waals surface area contributed by atoms with E-state index in [4.69, 9.17) is 0 Å². The van der Waals surface area contributed by atoms with Crippen molar-refractivity contribution in [1.82, 2.24) is 19.6 Å². The largest absolute Gasteiger partial charge is 0.336 e. The van der Waals surface area contributed by atoms with Crippen molar-refractivity contribution in [1.29, 1.82) is 0 Å². The van der Waals surface area contributed by atoms with Gasteiger partial charge in [-0.25, -0.2) is 0 Å². The second-order valence-electron chi connectivity index (χ2n) is 5.84. The van der Waals surface area contributed by atoms with Gasteiger partial charge in [0.05, 0.1) is 11.3 Å². The van der Waals surface area contributed by atoms with Gasteiger partial charge in [0.2, 0.25) is 0 Å². The molecule has 0 N–H and O–H groups in total. The molecule has 19 heavy (non-hydrogen) atoms. The Kier molecular flexibility index (Phi) is 3.09. The number of hydrogen-bond donors (Lipinski definition) is 0. The van der Waals surface area contributed by atoms with Gasteiger partial charge in [-0.3, -0.25) is 9.48 Å². The summed E-state index contributed by atoms with van der Waals surface area (Å²) in [6.07, 6.45) is 2.36. The third-order valence-electron chi connectivity index (χ3n) is 4.33. The third-order valence-corrected chi connectivity index (χ3v) is 4.33. The van der Waals surface area contributed by atoms with E-state index in [1.807, 2.05) is 23.6 Å². The van der Waals surface area contributed by atoms with Crippen LogP contribution in [0.1, 0.15) is 40.5 Å². The van der Waals surface area contributed by atoms with Gasteiger partial charge in [-0.2, -0.15) is 5.10 Å². The Morgan fingerprint density at radius 1 is 1.16 bits per heavy atom. The van der Waals surface area contributed by atoms with Crippen LogP contribution in [0.5, 0.6) is 0 Å². The van der Waals surface area contributed by atoms with Crippen LogP contribution in [-0.4, -0.2) is 58.7 Å². The van der Waals surface area contributed by atoms with Crippen LogP contribution in [0, 0.1) is 6.92 Å². The molecule has 1 saturated heterocycles. The van der Waals surface area contributed by atoms with E-state index in [9.17, 15) is 4.79 Å². The Morgan fingerprint density at radius 3 is 2.37 bits per heavy atom. The molecule has 2 fully saturated rings. The Labute approximate surface area is 114 Å². The van der Waals surface area contributed by atoms with Crippen LogP contribution in [0.4, 0.5) is 0 Å². The maximum atomic E-state index is 12.7. The first-order valence-corrected chi connectivity index (χ1v) is 7.09. The molecule has 1 aliphatic carbocycles. The van der Waals surface area contributed by atoms with Gasteiger partial charge in [0.25, 0.3) is 5.91 Å². The van der Waals surface area contributed by atoms with E-state index >= 15 is 0 Å². The third kappa shape index (κ3) is 2.27. The van der Waals surface area contributed by atoms with Crippen LogP contribution in [-0.2, 0) is 7.05 Å². The standard InChI is InChI=1S/C14H22N4O/c1-10-12(13(11-4-5-11)15-17(10)3)14(19)18-8-6-16(2)7-9-18/h11H,4-9H2,1-3H3.